The van der Waals surface area contributed by atoms with Crippen LogP contribution in [0, 0.1) is 0 Å². The molecule has 4 aromatic rings. The molecular weight excluding hydrogens is 1150 g/mol. The number of esters is 2. The zero-order valence-corrected chi connectivity index (χ0v) is 52.7. The Kier molecular flexibility index (Phi) is 37.2. The van der Waals surface area contributed by atoms with Gasteiger partial charge in [0.2, 0.25) is 0 Å². The molecule has 0 aromatic heterocycles. The smallest absolute Gasteiger partial charge is 0.508 e. The van der Waals surface area contributed by atoms with Crippen molar-refractivity contribution < 1.29 is 94.6 Å². The maximum absolute atomic E-state index is 13.5. The molecule has 0 amide bonds. The number of nitrogens with two attached hydrogens (primary N) is 2. The summed E-state index contributed by atoms with van der Waals surface area (Å²) in [5.74, 6) is -1.49. The zero-order valence-electron chi connectivity index (χ0n) is 51.6. The van der Waals surface area contributed by atoms with E-state index in [0.29, 0.717) is 107 Å². The zero-order chi connectivity index (χ0) is 62.6. The Morgan fingerprint density at radius 2 is 0.895 bits per heavy atom. The average Bonchev–Trinajstić information content (AvgIpc) is 2.20. The summed E-state index contributed by atoms with van der Waals surface area (Å²) in [5.41, 5.74) is 13.1. The first kappa shape index (κ1) is 76.2. The third kappa shape index (κ3) is 32.2. The molecule has 0 aliphatic carbocycles. The molecule has 4 aromatic carbocycles. The number of carbonyl (C=O) groups excluding carboxylic acids is 2. The molecule has 0 radical (unpaired) electrons. The number of carbonyl (C=O) groups is 4. The van der Waals surface area contributed by atoms with E-state index < -0.39 is 29.3 Å². The van der Waals surface area contributed by atoms with E-state index in [-0.39, 0.29) is 99.4 Å². The van der Waals surface area contributed by atoms with Crippen molar-refractivity contribution in [1.29, 1.82) is 0 Å². The topological polar surface area (TPSA) is 288 Å². The standard InChI is InChI=1S/C40H65N3O10.C23H31N3O6.Fe/c1-39(2,3)52-37(44)28-42(25-32-15-9-11-18-35(32)50-30-48-23-21-46-7)27-34(17-13-14-20-41)43(29-38(45)53-40(4,5)6)26-33-16-10-12-19-36(33)51-31-49-24-22-47-8;24-12-6-5-11-21(25(15-22(29)30)13-17-7-1-3-9-19(17)27)26(16-23(31)32)14-18-8-2-4-10-20(18)28;/h9-12,15-16,18-19,34H,13-14,17,20-31,41H2,1-8H3;1-4,7-10,21,27-28H,5-6,11-16,24H2,(H,29,30)(H,31,32);/q;;+2/t34-;;/m0../s1. The van der Waals surface area contributed by atoms with E-state index in [2.05, 4.69) is 4.90 Å². The molecule has 1 atom stereocenters. The van der Waals surface area contributed by atoms with E-state index in [1.54, 1.807) is 60.4 Å². The van der Waals surface area contributed by atoms with E-state index in [0.717, 1.165) is 24.0 Å². The number of phenolic OH excluding ortho intramolecular Hbond substituents is 2. The van der Waals surface area contributed by atoms with E-state index in [1.807, 2.05) is 95.0 Å². The molecule has 86 heavy (non-hydrogen) atoms. The van der Waals surface area contributed by atoms with Crippen LogP contribution < -0.4 is 20.9 Å². The third-order valence-corrected chi connectivity index (χ3v) is 12.8. The molecule has 4 rings (SSSR count). The second kappa shape index (κ2) is 42.0. The molecule has 0 saturated heterocycles. The van der Waals surface area contributed by atoms with Gasteiger partial charge < -0.3 is 69.8 Å². The Hall–Kier alpha value is -5.92. The number of carboxylic acid groups (broad SMARTS) is 2. The van der Waals surface area contributed by atoms with Crippen LogP contribution in [0.1, 0.15) is 102 Å². The van der Waals surface area contributed by atoms with Gasteiger partial charge in [0.05, 0.1) is 58.8 Å². The monoisotopic (exact) mass is 1250 g/mol. The second-order valence-electron chi connectivity index (χ2n) is 22.3. The molecular formula is C63H96FeN6O16+2. The number of unbranched alkanes of at least 4 members (excludes halogenated alkanes) is 2. The van der Waals surface area contributed by atoms with Crippen molar-refractivity contribution in [3.8, 4) is 23.0 Å². The van der Waals surface area contributed by atoms with E-state index in [1.165, 1.54) is 12.1 Å². The van der Waals surface area contributed by atoms with Crippen molar-refractivity contribution in [3.05, 3.63) is 119 Å². The number of carboxylic acids is 2. The van der Waals surface area contributed by atoms with Crippen LogP contribution in [-0.4, -0.2) is 187 Å². The Balaban J connectivity index is 0.000000652. The van der Waals surface area contributed by atoms with Crippen molar-refractivity contribution in [3.63, 3.8) is 0 Å². The van der Waals surface area contributed by atoms with Gasteiger partial charge in [-0.2, -0.15) is 0 Å². The first-order valence-corrected chi connectivity index (χ1v) is 28.9. The molecule has 23 heteroatoms. The number of phenols is 2. The Morgan fingerprint density at radius 3 is 1.31 bits per heavy atom. The maximum Gasteiger partial charge on any atom is 2.00 e. The van der Waals surface area contributed by atoms with Gasteiger partial charge in [-0.05, 0) is 111 Å². The minimum absolute atomic E-state index is 0. The van der Waals surface area contributed by atoms with Crippen LogP contribution in [0.15, 0.2) is 97.1 Å². The largest absolute Gasteiger partial charge is 2.00 e. The molecule has 0 unspecified atom stereocenters. The van der Waals surface area contributed by atoms with Crippen LogP contribution in [-0.2, 0) is 90.8 Å². The fraction of sp³-hybridized carbons (Fsp3) is 0.556. The number of rotatable bonds is 41. The predicted octanol–water partition coefficient (Wildman–Crippen LogP) is 7.19. The van der Waals surface area contributed by atoms with Gasteiger partial charge in [0.1, 0.15) is 34.2 Å². The van der Waals surface area contributed by atoms with Gasteiger partial charge >= 0.3 is 40.9 Å². The van der Waals surface area contributed by atoms with Crippen LogP contribution in [0.5, 0.6) is 23.0 Å². The number of aromatic hydroxyl groups is 2. The maximum atomic E-state index is 13.5. The Labute approximate surface area is 519 Å². The van der Waals surface area contributed by atoms with Gasteiger partial charge in [0.25, 0.3) is 0 Å². The van der Waals surface area contributed by atoms with Gasteiger partial charge in [0, 0.05) is 75.2 Å². The molecule has 0 fully saturated rings. The van der Waals surface area contributed by atoms with Gasteiger partial charge in [-0.1, -0.05) is 79.2 Å². The van der Waals surface area contributed by atoms with Crippen molar-refractivity contribution in [2.24, 2.45) is 11.5 Å². The number of benzene rings is 4. The average molecular weight is 1250 g/mol. The summed E-state index contributed by atoms with van der Waals surface area (Å²) in [5, 5.41) is 39.5. The second-order valence-corrected chi connectivity index (χ2v) is 22.3. The Bertz CT molecular complexity index is 2480. The number of hydrogen-bond acceptors (Lipinski definition) is 20. The number of para-hydroxylation sites is 4. The third-order valence-electron chi connectivity index (χ3n) is 12.8. The summed E-state index contributed by atoms with van der Waals surface area (Å²) in [7, 11) is 3.23. The van der Waals surface area contributed by atoms with Crippen molar-refractivity contribution in [2.75, 3.05) is 100 Å². The summed E-state index contributed by atoms with van der Waals surface area (Å²) in [6, 6.07) is 28.5. The van der Waals surface area contributed by atoms with Crippen LogP contribution in [0.3, 0.4) is 0 Å². The molecule has 480 valence electrons. The number of hydrogen-bond donors (Lipinski definition) is 6. The molecule has 8 N–H and O–H groups in total. The van der Waals surface area contributed by atoms with Crippen LogP contribution >= 0.6 is 0 Å². The van der Waals surface area contributed by atoms with Crippen LogP contribution in [0.25, 0.3) is 0 Å². The number of ether oxygens (including phenoxy) is 8. The fourth-order valence-electron chi connectivity index (χ4n) is 9.10. The van der Waals surface area contributed by atoms with Crippen LogP contribution in [0.2, 0.25) is 0 Å². The summed E-state index contributed by atoms with van der Waals surface area (Å²) in [6.45, 7) is 14.7. The fourth-order valence-corrected chi connectivity index (χ4v) is 9.10. The molecule has 0 aliphatic heterocycles. The first-order valence-electron chi connectivity index (χ1n) is 28.9. The SMILES string of the molecule is COCCOCOc1ccccc1CN(CC(=O)OC(C)(C)C)C[C@H](CCCCN)N(CC(=O)OC(C)(C)C)Cc1ccccc1OCOCCOC.NCCCCC(N(CC(=O)O)Cc1ccccc1O)N(CC(=O)O)Cc1ccccc1O.[Fe+2]. The van der Waals surface area contributed by atoms with Gasteiger partial charge in [-0.3, -0.25) is 38.8 Å². The van der Waals surface area contributed by atoms with Crippen molar-refractivity contribution in [2.45, 2.75) is 130 Å². The molecule has 22 nitrogen and oxygen atoms in total. The van der Waals surface area contributed by atoms with Gasteiger partial charge in [-0.25, -0.2) is 0 Å². The quantitative estimate of drug-likeness (QED) is 0.0111. The van der Waals surface area contributed by atoms with E-state index in [9.17, 15) is 39.6 Å². The number of methoxy groups -OCH3 is 2. The van der Waals surface area contributed by atoms with Crippen LogP contribution in [0.4, 0.5) is 0 Å². The van der Waals surface area contributed by atoms with E-state index >= 15 is 0 Å². The molecule has 0 spiro atoms. The van der Waals surface area contributed by atoms with Crippen molar-refractivity contribution >= 4 is 23.9 Å². The molecule has 0 saturated carbocycles. The molecule has 0 heterocycles. The molecule has 0 bridgehead atoms. The minimum Gasteiger partial charge on any atom is -0.508 e. The normalized spacial score (nSPS) is 12.0. The van der Waals surface area contributed by atoms with Gasteiger partial charge in [-0.15, -0.1) is 0 Å². The number of nitrogens with zero attached hydrogens (tertiary/aromatic N) is 4. The minimum atomic E-state index is -1.07. The summed E-state index contributed by atoms with van der Waals surface area (Å²) < 4.78 is 44.9. The van der Waals surface area contributed by atoms with Crippen molar-refractivity contribution in [1.82, 2.24) is 19.6 Å². The predicted molar refractivity (Wildman–Crippen MR) is 323 cm³/mol. The summed E-state index contributed by atoms with van der Waals surface area (Å²) in [6.07, 6.45) is 3.59. The summed E-state index contributed by atoms with van der Waals surface area (Å²) in [4.78, 5) is 57.7. The molecule has 0 aliphatic rings. The Morgan fingerprint density at radius 1 is 0.500 bits per heavy atom. The first-order chi connectivity index (χ1) is 40.6. The van der Waals surface area contributed by atoms with Gasteiger partial charge in [0.15, 0.2) is 13.6 Å². The van der Waals surface area contributed by atoms with E-state index in [4.69, 9.17) is 49.4 Å². The summed E-state index contributed by atoms with van der Waals surface area (Å²) >= 11 is 0. The number of aliphatic carboxylic acids is 2.